The second-order valence-corrected chi connectivity index (χ2v) is 8.55. The third-order valence-corrected chi connectivity index (χ3v) is 5.92. The molecule has 32 heavy (non-hydrogen) atoms. The van der Waals surface area contributed by atoms with Gasteiger partial charge in [0.2, 0.25) is 5.95 Å². The number of para-hydroxylation sites is 1. The Morgan fingerprint density at radius 2 is 1.62 bits per heavy atom. The Morgan fingerprint density at radius 1 is 0.938 bits per heavy atom. The number of hydrogen-bond donors (Lipinski definition) is 2. The van der Waals surface area contributed by atoms with Gasteiger partial charge in [0.05, 0.1) is 0 Å². The Bertz CT molecular complexity index is 1060. The highest BCUT2D eigenvalue weighted by atomic mass is 19.4. The van der Waals surface area contributed by atoms with E-state index in [1.54, 1.807) is 12.1 Å². The normalized spacial score (nSPS) is 14.7. The molecule has 2 aromatic carbocycles. The number of alkyl halides is 3. The zero-order valence-electron chi connectivity index (χ0n) is 18.2. The number of benzene rings is 2. The van der Waals surface area contributed by atoms with Gasteiger partial charge < -0.3 is 10.6 Å². The van der Waals surface area contributed by atoms with Crippen molar-refractivity contribution in [2.24, 2.45) is 0 Å². The van der Waals surface area contributed by atoms with Crippen molar-refractivity contribution >= 4 is 23.1 Å². The highest BCUT2D eigenvalue weighted by Crippen LogP contribution is 2.37. The zero-order valence-corrected chi connectivity index (χ0v) is 18.2. The lowest BCUT2D eigenvalue weighted by molar-refractivity contribution is -0.137. The van der Waals surface area contributed by atoms with Gasteiger partial charge in [-0.3, -0.25) is 0 Å². The molecule has 2 N–H and O–H groups in total. The predicted octanol–water partition coefficient (Wildman–Crippen LogP) is 7.76. The van der Waals surface area contributed by atoms with E-state index in [4.69, 9.17) is 0 Å². The minimum Gasteiger partial charge on any atom is -0.339 e. The summed E-state index contributed by atoms with van der Waals surface area (Å²) in [6.07, 6.45) is 1.20. The van der Waals surface area contributed by atoms with Gasteiger partial charge in [-0.25, -0.2) is 4.98 Å². The summed E-state index contributed by atoms with van der Waals surface area (Å²) in [5, 5.41) is 5.92. The molecule has 1 aliphatic carbocycles. The lowest BCUT2D eigenvalue weighted by Crippen LogP contribution is -2.13. The fourth-order valence-corrected chi connectivity index (χ4v) is 4.21. The number of halogens is 3. The molecule has 1 heterocycles. The molecular formula is C25H27F3N4. The van der Waals surface area contributed by atoms with E-state index in [-0.39, 0.29) is 17.7 Å². The van der Waals surface area contributed by atoms with E-state index in [1.807, 2.05) is 38.1 Å². The molecule has 7 heteroatoms. The monoisotopic (exact) mass is 440 g/mol. The molecule has 0 spiro atoms. The Kier molecular flexibility index (Phi) is 6.35. The summed E-state index contributed by atoms with van der Waals surface area (Å²) in [7, 11) is 0. The lowest BCUT2D eigenvalue weighted by Gasteiger charge is -2.18. The van der Waals surface area contributed by atoms with Crippen molar-refractivity contribution in [1.82, 2.24) is 9.97 Å². The van der Waals surface area contributed by atoms with Crippen LogP contribution < -0.4 is 10.6 Å². The van der Waals surface area contributed by atoms with Crippen LogP contribution in [0.4, 0.5) is 36.3 Å². The first kappa shape index (κ1) is 22.1. The number of rotatable bonds is 6. The van der Waals surface area contributed by atoms with Crippen LogP contribution >= 0.6 is 0 Å². The van der Waals surface area contributed by atoms with Crippen LogP contribution in [0.5, 0.6) is 0 Å². The second-order valence-electron chi connectivity index (χ2n) is 8.55. The summed E-state index contributed by atoms with van der Waals surface area (Å²) < 4.78 is 40.9. The summed E-state index contributed by atoms with van der Waals surface area (Å²) in [5.41, 5.74) is 2.64. The van der Waals surface area contributed by atoms with Gasteiger partial charge in [0, 0.05) is 17.6 Å². The van der Waals surface area contributed by atoms with Crippen LogP contribution in [-0.2, 0) is 6.18 Å². The largest absolute Gasteiger partial charge is 0.421 e. The first-order chi connectivity index (χ1) is 15.3. The van der Waals surface area contributed by atoms with Crippen molar-refractivity contribution in [3.8, 4) is 0 Å². The van der Waals surface area contributed by atoms with Crippen LogP contribution in [0.25, 0.3) is 0 Å². The molecule has 0 aliphatic heterocycles. The van der Waals surface area contributed by atoms with E-state index in [0.29, 0.717) is 11.6 Å². The molecule has 4 nitrogen and oxygen atoms in total. The summed E-state index contributed by atoms with van der Waals surface area (Å²) in [6.45, 7) is 3.99. The van der Waals surface area contributed by atoms with Gasteiger partial charge in [-0.2, -0.15) is 18.2 Å². The van der Waals surface area contributed by atoms with Crippen molar-refractivity contribution < 1.29 is 13.2 Å². The molecule has 4 rings (SSSR count). The summed E-state index contributed by atoms with van der Waals surface area (Å²) in [5.74, 6) is 0.580. The van der Waals surface area contributed by atoms with E-state index in [0.717, 1.165) is 17.4 Å². The number of hydrogen-bond acceptors (Lipinski definition) is 4. The van der Waals surface area contributed by atoms with Gasteiger partial charge in [0.25, 0.3) is 0 Å². The first-order valence-electron chi connectivity index (χ1n) is 11.0. The Morgan fingerprint density at radius 3 is 2.28 bits per heavy atom. The molecule has 0 bridgehead atoms. The van der Waals surface area contributed by atoms with Gasteiger partial charge in [0.1, 0.15) is 11.4 Å². The van der Waals surface area contributed by atoms with Crippen LogP contribution in [0.1, 0.15) is 68.1 Å². The fourth-order valence-electron chi connectivity index (χ4n) is 4.21. The molecule has 0 unspecified atom stereocenters. The van der Waals surface area contributed by atoms with Gasteiger partial charge in [-0.05, 0) is 54.0 Å². The molecule has 0 saturated heterocycles. The molecule has 1 aliphatic rings. The van der Waals surface area contributed by atoms with Crippen LogP contribution in [0, 0.1) is 0 Å². The molecule has 0 atom stereocenters. The minimum atomic E-state index is -4.57. The van der Waals surface area contributed by atoms with Gasteiger partial charge in [-0.15, -0.1) is 0 Å². The Balaban J connectivity index is 1.60. The molecule has 0 amide bonds. The maximum absolute atomic E-state index is 13.6. The molecular weight excluding hydrogens is 413 g/mol. The smallest absolute Gasteiger partial charge is 0.339 e. The molecule has 168 valence electrons. The number of nitrogens with zero attached hydrogens (tertiary/aromatic N) is 2. The maximum atomic E-state index is 13.6. The maximum Gasteiger partial charge on any atom is 0.421 e. The number of aromatic nitrogens is 2. The predicted molar refractivity (Wildman–Crippen MR) is 122 cm³/mol. The first-order valence-corrected chi connectivity index (χ1v) is 11.0. The number of anilines is 4. The average molecular weight is 441 g/mol. The topological polar surface area (TPSA) is 49.8 Å². The third-order valence-electron chi connectivity index (χ3n) is 5.92. The van der Waals surface area contributed by atoms with Crippen LogP contribution in [0.2, 0.25) is 0 Å². The van der Waals surface area contributed by atoms with Crippen molar-refractivity contribution in [2.75, 3.05) is 10.6 Å². The van der Waals surface area contributed by atoms with Gasteiger partial charge in [0.15, 0.2) is 0 Å². The zero-order chi connectivity index (χ0) is 22.7. The molecule has 1 saturated carbocycles. The molecule has 1 aromatic heterocycles. The summed E-state index contributed by atoms with van der Waals surface area (Å²) in [4.78, 5) is 8.09. The Labute approximate surface area is 186 Å². The highest BCUT2D eigenvalue weighted by molar-refractivity contribution is 5.66. The van der Waals surface area contributed by atoms with E-state index in [9.17, 15) is 13.2 Å². The minimum absolute atomic E-state index is 0.108. The molecule has 3 aromatic rings. The van der Waals surface area contributed by atoms with Crippen molar-refractivity contribution in [1.29, 1.82) is 0 Å². The van der Waals surface area contributed by atoms with Crippen molar-refractivity contribution in [3.63, 3.8) is 0 Å². The van der Waals surface area contributed by atoms with Crippen molar-refractivity contribution in [3.05, 3.63) is 71.4 Å². The standard InChI is InChI=1S/C25H27F3N4/c1-16(2)20-9-5-6-10-22(20)31-23-21(25(26,27)28)15-29-24(32-23)30-19-13-11-18(12-14-19)17-7-3-4-8-17/h5-6,9-17H,3-4,7-8H2,1-2H3,(H2,29,30,31,32). The SMILES string of the molecule is CC(C)c1ccccc1Nc1nc(Nc2ccc(C3CCCC3)cc2)ncc1C(F)(F)F. The van der Waals surface area contributed by atoms with E-state index in [2.05, 4.69) is 32.7 Å². The second kappa shape index (κ2) is 9.18. The van der Waals surface area contributed by atoms with E-state index in [1.165, 1.54) is 31.2 Å². The van der Waals surface area contributed by atoms with E-state index >= 15 is 0 Å². The van der Waals surface area contributed by atoms with Crippen LogP contribution in [-0.4, -0.2) is 9.97 Å². The fraction of sp³-hybridized carbons (Fsp3) is 0.360. The quantitative estimate of drug-likeness (QED) is 0.411. The third kappa shape index (κ3) is 5.03. The van der Waals surface area contributed by atoms with E-state index < -0.39 is 11.7 Å². The van der Waals surface area contributed by atoms with Gasteiger partial charge in [-0.1, -0.05) is 57.0 Å². The number of nitrogens with one attached hydrogen (secondary N) is 2. The summed E-state index contributed by atoms with van der Waals surface area (Å²) >= 11 is 0. The van der Waals surface area contributed by atoms with Crippen molar-refractivity contribution in [2.45, 2.75) is 57.5 Å². The molecule has 1 fully saturated rings. The Hall–Kier alpha value is -3.09. The highest BCUT2D eigenvalue weighted by Gasteiger charge is 2.35. The van der Waals surface area contributed by atoms with Crippen LogP contribution in [0.3, 0.4) is 0 Å². The average Bonchev–Trinajstić information content (AvgIpc) is 3.29. The van der Waals surface area contributed by atoms with Crippen LogP contribution in [0.15, 0.2) is 54.7 Å². The summed E-state index contributed by atoms with van der Waals surface area (Å²) in [6, 6.07) is 15.3. The lowest BCUT2D eigenvalue weighted by atomic mass is 9.98. The van der Waals surface area contributed by atoms with Gasteiger partial charge >= 0.3 is 6.18 Å². The molecule has 0 radical (unpaired) electrons.